The van der Waals surface area contributed by atoms with E-state index in [1.54, 1.807) is 23.9 Å². The van der Waals surface area contributed by atoms with Crippen LogP contribution in [0.4, 0.5) is 0 Å². The van der Waals surface area contributed by atoms with E-state index >= 15 is 0 Å². The van der Waals surface area contributed by atoms with Gasteiger partial charge < -0.3 is 10.5 Å². The van der Waals surface area contributed by atoms with Gasteiger partial charge in [-0.15, -0.1) is 11.8 Å². The first-order valence-corrected chi connectivity index (χ1v) is 4.36. The van der Waals surface area contributed by atoms with Crippen molar-refractivity contribution in [3.8, 4) is 0 Å². The van der Waals surface area contributed by atoms with Gasteiger partial charge in [-0.05, 0) is 24.0 Å². The largest absolute Gasteiger partial charge is 1.00 e. The van der Waals surface area contributed by atoms with Gasteiger partial charge in [-0.2, -0.15) is 0 Å². The Hall–Kier alpha value is 0.676. The Morgan fingerprint density at radius 1 is 1.33 bits per heavy atom. The number of nitrogens with one attached hydrogen (secondary N) is 1. The maximum Gasteiger partial charge on any atom is 1.00 e. The third-order valence-electron chi connectivity index (χ3n) is 1.35. The first kappa shape index (κ1) is 12.7. The zero-order valence-corrected chi connectivity index (χ0v) is 11.1. The molecule has 58 valence electrons. The minimum absolute atomic E-state index is 0. The van der Waals surface area contributed by atoms with E-state index in [1.807, 2.05) is 18.4 Å². The summed E-state index contributed by atoms with van der Waals surface area (Å²) in [6.45, 7) is 0. The van der Waals surface area contributed by atoms with Crippen LogP contribution in [0.15, 0.2) is 29.2 Å². The molecule has 0 bridgehead atoms. The third kappa shape index (κ3) is 3.59. The molecule has 0 aromatic heterocycles. The molecule has 0 fully saturated rings. The summed E-state index contributed by atoms with van der Waals surface area (Å²) in [6.07, 6.45) is 1.97. The predicted octanol–water partition coefficient (Wildman–Crippen LogP) is -0.395. The van der Waals surface area contributed by atoms with Crippen LogP contribution in [-0.4, -0.2) is 12.2 Å². The van der Waals surface area contributed by atoms with Crippen LogP contribution in [0.5, 0.6) is 0 Å². The summed E-state index contributed by atoms with van der Waals surface area (Å²) >= 11 is 1.62. The summed E-state index contributed by atoms with van der Waals surface area (Å²) in [4.78, 5) is 11.6. The first-order valence-electron chi connectivity index (χ1n) is 3.14. The molecule has 0 atom stereocenters. The Morgan fingerprint density at radius 3 is 2.17 bits per heavy atom. The Labute approximate surface area is 119 Å². The van der Waals surface area contributed by atoms with Gasteiger partial charge in [-0.3, -0.25) is 0 Å². The third-order valence-corrected chi connectivity index (χ3v) is 2.10. The van der Waals surface area contributed by atoms with E-state index in [0.29, 0.717) is 5.56 Å². The molecule has 0 aliphatic rings. The molecule has 0 saturated heterocycles. The molecular formula is C8H8KNOS. The van der Waals surface area contributed by atoms with Crippen molar-refractivity contribution in [1.29, 1.82) is 0 Å². The maximum absolute atomic E-state index is 10.5. The number of carbonyl (C=O) groups is 1. The molecule has 12 heavy (non-hydrogen) atoms. The number of carbonyl (C=O) groups excluding carboxylic acids is 1. The minimum atomic E-state index is -0.627. The van der Waals surface area contributed by atoms with Crippen LogP contribution in [0.2, 0.25) is 0 Å². The molecule has 0 heterocycles. The molecule has 1 aromatic rings. The van der Waals surface area contributed by atoms with Crippen LogP contribution in [0, 0.1) is 0 Å². The standard InChI is InChI=1S/C8H9NOS.K/c1-11-7-4-2-6(3-5-7)8(9)10;/h2-5H,1H3,(H2,9,10);/q;+1/p-1. The predicted molar refractivity (Wildman–Crippen MR) is 46.9 cm³/mol. The van der Waals surface area contributed by atoms with Crippen LogP contribution in [0.3, 0.4) is 0 Å². The van der Waals surface area contributed by atoms with Gasteiger partial charge in [0.05, 0.1) is 5.91 Å². The summed E-state index contributed by atoms with van der Waals surface area (Å²) in [6, 6.07) is 7.02. The molecule has 4 heteroatoms. The normalized spacial score (nSPS) is 8.75. The molecule has 1 rings (SSSR count). The minimum Gasteiger partial charge on any atom is -0.664 e. The Kier molecular flexibility index (Phi) is 6.53. The van der Waals surface area contributed by atoms with E-state index in [2.05, 4.69) is 0 Å². The Bertz CT molecular complexity index is 260. The number of thioether (sulfide) groups is 1. The van der Waals surface area contributed by atoms with E-state index < -0.39 is 5.91 Å². The average molecular weight is 205 g/mol. The number of amides is 1. The molecule has 0 radical (unpaired) electrons. The molecular weight excluding hydrogens is 197 g/mol. The smallest absolute Gasteiger partial charge is 0.664 e. The summed E-state index contributed by atoms with van der Waals surface area (Å²) in [7, 11) is 0. The number of hydrogen-bond acceptors (Lipinski definition) is 2. The van der Waals surface area contributed by atoms with Gasteiger partial charge in [-0.1, -0.05) is 12.1 Å². The van der Waals surface area contributed by atoms with Crippen molar-refractivity contribution in [1.82, 2.24) is 0 Å². The summed E-state index contributed by atoms with van der Waals surface area (Å²) < 4.78 is 0. The van der Waals surface area contributed by atoms with Gasteiger partial charge in [0.15, 0.2) is 0 Å². The van der Waals surface area contributed by atoms with Crippen molar-refractivity contribution in [3.63, 3.8) is 0 Å². The van der Waals surface area contributed by atoms with Crippen molar-refractivity contribution in [2.75, 3.05) is 6.26 Å². The fourth-order valence-corrected chi connectivity index (χ4v) is 1.15. The van der Waals surface area contributed by atoms with Crippen LogP contribution in [0.25, 0.3) is 5.73 Å². The second-order valence-corrected chi connectivity index (χ2v) is 2.94. The van der Waals surface area contributed by atoms with Crippen LogP contribution < -0.4 is 51.4 Å². The summed E-state index contributed by atoms with van der Waals surface area (Å²) in [5.74, 6) is -0.627. The van der Waals surface area contributed by atoms with Crippen molar-refractivity contribution < 1.29 is 56.2 Å². The second-order valence-electron chi connectivity index (χ2n) is 2.06. The van der Waals surface area contributed by atoms with E-state index in [0.717, 1.165) is 4.90 Å². The van der Waals surface area contributed by atoms with Crippen molar-refractivity contribution in [2.45, 2.75) is 4.90 Å². The quantitative estimate of drug-likeness (QED) is 0.487. The molecule has 0 spiro atoms. The Balaban J connectivity index is 0.00000121. The molecule has 1 amide bonds. The summed E-state index contributed by atoms with van der Waals surface area (Å²) in [5.41, 5.74) is 7.25. The zero-order chi connectivity index (χ0) is 8.27. The van der Waals surface area contributed by atoms with Crippen LogP contribution >= 0.6 is 11.8 Å². The Morgan fingerprint density at radius 2 is 1.83 bits per heavy atom. The topological polar surface area (TPSA) is 40.9 Å². The molecule has 2 nitrogen and oxygen atoms in total. The molecule has 0 aliphatic heterocycles. The molecule has 0 unspecified atom stereocenters. The molecule has 1 N–H and O–H groups in total. The maximum atomic E-state index is 10.5. The number of hydrogen-bond donors (Lipinski definition) is 0. The van der Waals surface area contributed by atoms with Crippen molar-refractivity contribution in [2.24, 2.45) is 0 Å². The van der Waals surface area contributed by atoms with E-state index in [9.17, 15) is 4.79 Å². The number of rotatable bonds is 2. The molecule has 1 aromatic carbocycles. The van der Waals surface area contributed by atoms with Gasteiger partial charge in [0, 0.05) is 4.90 Å². The van der Waals surface area contributed by atoms with E-state index in [1.165, 1.54) is 0 Å². The first-order chi connectivity index (χ1) is 5.24. The number of benzene rings is 1. The van der Waals surface area contributed by atoms with Crippen molar-refractivity contribution >= 4 is 17.7 Å². The fraction of sp³-hybridized carbons (Fsp3) is 0.125. The van der Waals surface area contributed by atoms with Gasteiger partial charge in [-0.25, -0.2) is 0 Å². The van der Waals surface area contributed by atoms with Gasteiger partial charge in [0.2, 0.25) is 0 Å². The van der Waals surface area contributed by atoms with E-state index in [-0.39, 0.29) is 51.4 Å². The second kappa shape index (κ2) is 6.18. The van der Waals surface area contributed by atoms with Gasteiger partial charge in [0.1, 0.15) is 0 Å². The summed E-state index contributed by atoms with van der Waals surface area (Å²) in [5, 5.41) is 0. The molecule has 0 saturated carbocycles. The van der Waals surface area contributed by atoms with Gasteiger partial charge in [0.25, 0.3) is 0 Å². The zero-order valence-electron chi connectivity index (χ0n) is 7.13. The fourth-order valence-electron chi connectivity index (χ4n) is 0.742. The molecule has 0 aliphatic carbocycles. The van der Waals surface area contributed by atoms with Crippen molar-refractivity contribution in [3.05, 3.63) is 35.6 Å². The van der Waals surface area contributed by atoms with E-state index in [4.69, 9.17) is 5.73 Å². The monoisotopic (exact) mass is 205 g/mol. The van der Waals surface area contributed by atoms with Gasteiger partial charge >= 0.3 is 51.4 Å². The SMILES string of the molecule is CSc1ccc(C([NH-])=O)cc1.[K+]. The van der Waals surface area contributed by atoms with Crippen LogP contribution in [-0.2, 0) is 0 Å². The average Bonchev–Trinajstić information content (AvgIpc) is 2.05. The van der Waals surface area contributed by atoms with Crippen LogP contribution in [0.1, 0.15) is 10.4 Å².